The third-order valence-electron chi connectivity index (χ3n) is 5.39. The fourth-order valence-electron chi connectivity index (χ4n) is 3.71. The van der Waals surface area contributed by atoms with Gasteiger partial charge in [-0.15, -0.1) is 0 Å². The molecule has 0 radical (unpaired) electrons. The van der Waals surface area contributed by atoms with Gasteiger partial charge in [-0.05, 0) is 47.5 Å². The van der Waals surface area contributed by atoms with Crippen LogP contribution in [-0.4, -0.2) is 34.6 Å². The number of aromatic nitrogens is 2. The van der Waals surface area contributed by atoms with Crippen LogP contribution in [0.3, 0.4) is 0 Å². The lowest BCUT2D eigenvalue weighted by Crippen LogP contribution is -2.32. The van der Waals surface area contributed by atoms with Crippen molar-refractivity contribution in [2.24, 2.45) is 0 Å². The number of nitrogens with zero attached hydrogens (tertiary/aromatic N) is 3. The smallest absolute Gasteiger partial charge is 0.245 e. The summed E-state index contributed by atoms with van der Waals surface area (Å²) in [7, 11) is -3.80. The lowest BCUT2D eigenvalue weighted by molar-refractivity contribution is 0.107. The first-order valence-corrected chi connectivity index (χ1v) is 12.5. The van der Waals surface area contributed by atoms with Gasteiger partial charge in [-0.1, -0.05) is 24.3 Å². The molecule has 0 aliphatic carbocycles. The highest BCUT2D eigenvalue weighted by Crippen LogP contribution is 2.30. The summed E-state index contributed by atoms with van der Waals surface area (Å²) in [6, 6.07) is 16.8. The van der Waals surface area contributed by atoms with Gasteiger partial charge in [0, 0.05) is 18.7 Å². The van der Waals surface area contributed by atoms with E-state index in [9.17, 15) is 12.8 Å². The Bertz CT molecular complexity index is 1390. The van der Waals surface area contributed by atoms with E-state index in [4.69, 9.17) is 9.47 Å². The summed E-state index contributed by atoms with van der Waals surface area (Å²) in [5.41, 5.74) is 3.48. The minimum atomic E-state index is -3.80. The molecule has 2 heterocycles. The number of fused-ring (bicyclic) bond motifs is 2. The van der Waals surface area contributed by atoms with E-state index in [2.05, 4.69) is 8.75 Å². The van der Waals surface area contributed by atoms with Crippen LogP contribution in [-0.2, 0) is 34.5 Å². The molecule has 0 saturated carbocycles. The minimum absolute atomic E-state index is 0.149. The van der Waals surface area contributed by atoms with Crippen molar-refractivity contribution in [3.8, 4) is 5.75 Å². The summed E-state index contributed by atoms with van der Waals surface area (Å²) < 4.78 is 61.3. The maximum Gasteiger partial charge on any atom is 0.245 e. The molecule has 0 amide bonds. The van der Waals surface area contributed by atoms with E-state index in [1.165, 1.54) is 16.4 Å². The molecule has 3 aromatic carbocycles. The van der Waals surface area contributed by atoms with E-state index in [1.54, 1.807) is 30.3 Å². The van der Waals surface area contributed by atoms with E-state index in [1.807, 2.05) is 18.2 Å². The molecule has 5 rings (SSSR count). The van der Waals surface area contributed by atoms with Gasteiger partial charge in [0.2, 0.25) is 10.0 Å². The molecular formula is C23H20FN3O4S2. The molecule has 0 atom stereocenters. The van der Waals surface area contributed by atoms with Crippen molar-refractivity contribution in [3.05, 3.63) is 83.2 Å². The molecule has 10 heteroatoms. The summed E-state index contributed by atoms with van der Waals surface area (Å²) in [5, 5.41) is 0. The maximum atomic E-state index is 13.5. The predicted octanol–water partition coefficient (Wildman–Crippen LogP) is 4.13. The van der Waals surface area contributed by atoms with E-state index >= 15 is 0 Å². The Kier molecular flexibility index (Phi) is 6.07. The van der Waals surface area contributed by atoms with Crippen LogP contribution < -0.4 is 4.74 Å². The quantitative estimate of drug-likeness (QED) is 0.409. The van der Waals surface area contributed by atoms with Crippen LogP contribution in [0.4, 0.5) is 4.39 Å². The van der Waals surface area contributed by atoms with Gasteiger partial charge in [0.15, 0.2) is 0 Å². The average molecular weight is 486 g/mol. The third-order valence-corrected chi connectivity index (χ3v) is 7.81. The second kappa shape index (κ2) is 9.14. The van der Waals surface area contributed by atoms with Crippen molar-refractivity contribution < 1.29 is 22.3 Å². The van der Waals surface area contributed by atoms with Crippen LogP contribution in [0.5, 0.6) is 5.75 Å². The molecule has 1 aliphatic heterocycles. The normalized spacial score (nSPS) is 14.6. The fourth-order valence-corrected chi connectivity index (χ4v) is 5.87. The standard InChI is InChI=1S/C23H20FN3O4S2/c24-19-7-4-16(5-8-19)14-30-15-17-6-9-21-18(12-17)13-27(10-11-31-21)33(28,29)22-3-1-2-20-23(22)26-32-25-20/h1-9,12H,10-11,13-15H2. The first kappa shape index (κ1) is 21.9. The number of hydrogen-bond acceptors (Lipinski definition) is 7. The number of ether oxygens (including phenoxy) is 2. The molecular weight excluding hydrogens is 465 g/mol. The van der Waals surface area contributed by atoms with Crippen molar-refractivity contribution in [3.63, 3.8) is 0 Å². The van der Waals surface area contributed by atoms with Crippen LogP contribution in [0.2, 0.25) is 0 Å². The Morgan fingerprint density at radius 2 is 1.82 bits per heavy atom. The third kappa shape index (κ3) is 4.60. The second-order valence-corrected chi connectivity index (χ2v) is 10.1. The van der Waals surface area contributed by atoms with Gasteiger partial charge in [-0.2, -0.15) is 13.1 Å². The Balaban J connectivity index is 1.34. The molecule has 0 bridgehead atoms. The summed E-state index contributed by atoms with van der Waals surface area (Å²) in [6.07, 6.45) is 0. The average Bonchev–Trinajstić information content (AvgIpc) is 3.19. The largest absolute Gasteiger partial charge is 0.492 e. The molecule has 7 nitrogen and oxygen atoms in total. The first-order valence-electron chi connectivity index (χ1n) is 10.3. The number of hydrogen-bond donors (Lipinski definition) is 0. The molecule has 170 valence electrons. The minimum Gasteiger partial charge on any atom is -0.492 e. The maximum absolute atomic E-state index is 13.5. The zero-order valence-corrected chi connectivity index (χ0v) is 19.1. The van der Waals surface area contributed by atoms with E-state index < -0.39 is 10.0 Å². The van der Waals surface area contributed by atoms with Gasteiger partial charge in [-0.3, -0.25) is 0 Å². The zero-order valence-electron chi connectivity index (χ0n) is 17.5. The number of sulfonamides is 1. The predicted molar refractivity (Wildman–Crippen MR) is 122 cm³/mol. The molecule has 0 N–H and O–H groups in total. The molecule has 0 saturated heterocycles. The van der Waals surface area contributed by atoms with Gasteiger partial charge in [0.05, 0.1) is 24.9 Å². The molecule has 0 unspecified atom stereocenters. The summed E-state index contributed by atoms with van der Waals surface area (Å²) in [5.74, 6) is 0.370. The van der Waals surface area contributed by atoms with Gasteiger partial charge >= 0.3 is 0 Å². The Morgan fingerprint density at radius 1 is 1.03 bits per heavy atom. The molecule has 1 aliphatic rings. The highest BCUT2D eigenvalue weighted by molar-refractivity contribution is 7.89. The van der Waals surface area contributed by atoms with Gasteiger partial charge in [0.1, 0.15) is 34.1 Å². The van der Waals surface area contributed by atoms with Crippen molar-refractivity contribution in [1.29, 1.82) is 0 Å². The monoisotopic (exact) mass is 485 g/mol. The van der Waals surface area contributed by atoms with E-state index in [0.29, 0.717) is 30.0 Å². The summed E-state index contributed by atoms with van der Waals surface area (Å²) in [6.45, 7) is 1.33. The fraction of sp³-hybridized carbons (Fsp3) is 0.217. The van der Waals surface area contributed by atoms with Crippen LogP contribution in [0.15, 0.2) is 65.6 Å². The lowest BCUT2D eigenvalue weighted by Gasteiger charge is -2.20. The molecule has 33 heavy (non-hydrogen) atoms. The highest BCUT2D eigenvalue weighted by Gasteiger charge is 2.30. The zero-order chi connectivity index (χ0) is 22.8. The molecule has 0 spiro atoms. The SMILES string of the molecule is O=S(=O)(c1cccc2nsnc12)N1CCOc2ccc(COCc3ccc(F)cc3)cc2C1. The lowest BCUT2D eigenvalue weighted by atomic mass is 10.1. The second-order valence-electron chi connectivity index (χ2n) is 7.64. The van der Waals surface area contributed by atoms with Crippen LogP contribution in [0.1, 0.15) is 16.7 Å². The molecule has 0 fully saturated rings. The first-order chi connectivity index (χ1) is 16.0. The Labute approximate surface area is 194 Å². The summed E-state index contributed by atoms with van der Waals surface area (Å²) in [4.78, 5) is 0.149. The van der Waals surface area contributed by atoms with Crippen LogP contribution in [0.25, 0.3) is 11.0 Å². The van der Waals surface area contributed by atoms with Gasteiger partial charge in [-0.25, -0.2) is 12.8 Å². The van der Waals surface area contributed by atoms with Gasteiger partial charge < -0.3 is 9.47 Å². The number of rotatable bonds is 6. The van der Waals surface area contributed by atoms with E-state index in [-0.39, 0.29) is 30.4 Å². The number of halogens is 1. The van der Waals surface area contributed by atoms with Crippen molar-refractivity contribution in [1.82, 2.24) is 13.1 Å². The van der Waals surface area contributed by atoms with Crippen molar-refractivity contribution in [2.75, 3.05) is 13.2 Å². The Hall–Kier alpha value is -2.92. The number of benzene rings is 3. The van der Waals surface area contributed by atoms with E-state index in [0.717, 1.165) is 28.4 Å². The molecule has 1 aromatic heterocycles. The summed E-state index contributed by atoms with van der Waals surface area (Å²) >= 11 is 0.991. The van der Waals surface area contributed by atoms with Crippen LogP contribution >= 0.6 is 11.7 Å². The topological polar surface area (TPSA) is 81.6 Å². The Morgan fingerprint density at radius 3 is 2.67 bits per heavy atom. The van der Waals surface area contributed by atoms with Gasteiger partial charge in [0.25, 0.3) is 0 Å². The van der Waals surface area contributed by atoms with Crippen molar-refractivity contribution in [2.45, 2.75) is 24.7 Å². The van der Waals surface area contributed by atoms with Crippen LogP contribution in [0, 0.1) is 5.82 Å². The molecule has 4 aromatic rings. The highest BCUT2D eigenvalue weighted by atomic mass is 32.2. The van der Waals surface area contributed by atoms with Crippen molar-refractivity contribution >= 4 is 32.8 Å².